The van der Waals surface area contributed by atoms with Gasteiger partial charge in [0.1, 0.15) is 0 Å². The van der Waals surface area contributed by atoms with Crippen LogP contribution in [0.15, 0.2) is 0 Å². The van der Waals surface area contributed by atoms with E-state index in [1.54, 1.807) is 6.92 Å². The zero-order chi connectivity index (χ0) is 6.28. The van der Waals surface area contributed by atoms with Gasteiger partial charge in [0.05, 0.1) is 0 Å². The normalized spacial score (nSPS) is 4.67. The van der Waals surface area contributed by atoms with Gasteiger partial charge in [0.15, 0.2) is 0 Å². The molecule has 0 spiro atoms. The molecule has 0 bridgehead atoms. The Kier molecular flexibility index (Phi) is 59.9. The van der Waals surface area contributed by atoms with Gasteiger partial charge in [-0.3, -0.25) is 0 Å². The fourth-order valence-corrected chi connectivity index (χ4v) is 0. The van der Waals surface area contributed by atoms with Crippen LogP contribution in [0.2, 0.25) is 0 Å². The minimum atomic E-state index is -2.33. The summed E-state index contributed by atoms with van der Waals surface area (Å²) in [6.45, 7) is 1.93. The summed E-state index contributed by atoms with van der Waals surface area (Å²) in [6.07, 6.45) is -2.33. The molecule has 0 fully saturated rings. The predicted molar refractivity (Wildman–Crippen MR) is 18.2 cm³/mol. The summed E-state index contributed by atoms with van der Waals surface area (Å²) in [7, 11) is 0. The van der Waals surface area contributed by atoms with Crippen LogP contribution < -0.4 is 47.9 Å². The van der Waals surface area contributed by atoms with Crippen molar-refractivity contribution in [3.63, 3.8) is 0 Å². The number of hydrogen-bond acceptors (Lipinski definition) is 4. The molecule has 0 amide bonds. The summed E-state index contributed by atoms with van der Waals surface area (Å²) in [6, 6.07) is 0. The summed E-state index contributed by atoms with van der Waals surface area (Å²) in [5.41, 5.74) is 0. The van der Waals surface area contributed by atoms with Crippen LogP contribution >= 0.6 is 0 Å². The summed E-state index contributed by atoms with van der Waals surface area (Å²) in [5, 5.41) is 24.2. The Labute approximate surface area is 77.6 Å². The third-order valence-electron chi connectivity index (χ3n) is 0. The van der Waals surface area contributed by atoms with Crippen LogP contribution in [0.1, 0.15) is 6.92 Å². The SMILES string of the molecule is CCO.O=C([O-])[O-].[Li+].[Li+]. The van der Waals surface area contributed by atoms with E-state index in [4.69, 9.17) is 20.1 Å². The fraction of sp³-hybridized carbons (Fsp3) is 0.667. The van der Waals surface area contributed by atoms with E-state index < -0.39 is 6.16 Å². The first kappa shape index (κ1) is 22.7. The maximum absolute atomic E-state index is 8.33. The Morgan fingerprint density at radius 2 is 1.44 bits per heavy atom. The molecule has 0 radical (unpaired) electrons. The standard InChI is InChI=1S/C2H6O.CH2O3.2Li/c1-2-3;2-1(3)4;;/h3H,2H2,1H3;(H2,2,3,4);;/q;;2*+1/p-2. The topological polar surface area (TPSA) is 83.4 Å². The molecule has 0 saturated heterocycles. The first-order chi connectivity index (χ1) is 3.15. The van der Waals surface area contributed by atoms with Gasteiger partial charge in [-0.15, -0.1) is 0 Å². The van der Waals surface area contributed by atoms with Crippen LogP contribution in [0.4, 0.5) is 4.79 Å². The van der Waals surface area contributed by atoms with E-state index in [1.165, 1.54) is 0 Å². The second-order valence-corrected chi connectivity index (χ2v) is 0.566. The quantitative estimate of drug-likeness (QED) is 0.322. The molecule has 0 rings (SSSR count). The molecule has 0 atom stereocenters. The van der Waals surface area contributed by atoms with Gasteiger partial charge in [0.25, 0.3) is 0 Å². The van der Waals surface area contributed by atoms with Crippen molar-refractivity contribution >= 4 is 6.16 Å². The smallest absolute Gasteiger partial charge is 0.652 e. The third kappa shape index (κ3) is 1930. The van der Waals surface area contributed by atoms with Gasteiger partial charge in [0, 0.05) is 6.61 Å². The van der Waals surface area contributed by atoms with E-state index in [0.717, 1.165) is 0 Å². The zero-order valence-corrected chi connectivity index (χ0v) is 5.88. The van der Waals surface area contributed by atoms with Gasteiger partial charge in [-0.05, 0) is 13.1 Å². The minimum absolute atomic E-state index is 0. The Balaban J connectivity index is -0.0000000233. The monoisotopic (exact) mass is 120 g/mol. The first-order valence-electron chi connectivity index (χ1n) is 1.64. The number of aliphatic hydroxyl groups excluding tert-OH is 1. The molecule has 0 unspecified atom stereocenters. The first-order valence-corrected chi connectivity index (χ1v) is 1.64. The Morgan fingerprint density at radius 3 is 1.44 bits per heavy atom. The van der Waals surface area contributed by atoms with E-state index in [9.17, 15) is 0 Å². The molecular weight excluding hydrogens is 114 g/mol. The van der Waals surface area contributed by atoms with Crippen LogP contribution in [0.3, 0.4) is 0 Å². The summed E-state index contributed by atoms with van der Waals surface area (Å²) < 4.78 is 0. The summed E-state index contributed by atoms with van der Waals surface area (Å²) >= 11 is 0. The largest absolute Gasteiger partial charge is 1.00 e. The van der Waals surface area contributed by atoms with E-state index in [2.05, 4.69) is 0 Å². The van der Waals surface area contributed by atoms with Crippen molar-refractivity contribution in [2.75, 3.05) is 6.61 Å². The van der Waals surface area contributed by atoms with E-state index in [1.807, 2.05) is 0 Å². The average Bonchev–Trinajstić information content (AvgIpc) is 1.33. The molecule has 0 aromatic carbocycles. The predicted octanol–water partition coefficient (Wildman–Crippen LogP) is -8.44. The molecule has 44 valence electrons. The van der Waals surface area contributed by atoms with Crippen LogP contribution in [0.5, 0.6) is 0 Å². The molecule has 0 aromatic heterocycles. The molecule has 9 heavy (non-hydrogen) atoms. The van der Waals surface area contributed by atoms with Gasteiger partial charge >= 0.3 is 37.7 Å². The zero-order valence-electron chi connectivity index (χ0n) is 5.88. The number of rotatable bonds is 0. The third-order valence-corrected chi connectivity index (χ3v) is 0. The van der Waals surface area contributed by atoms with E-state index in [-0.39, 0.29) is 44.3 Å². The van der Waals surface area contributed by atoms with Crippen molar-refractivity contribution in [2.24, 2.45) is 0 Å². The van der Waals surface area contributed by atoms with Crippen molar-refractivity contribution in [3.05, 3.63) is 0 Å². The second kappa shape index (κ2) is 23.7. The second-order valence-electron chi connectivity index (χ2n) is 0.566. The minimum Gasteiger partial charge on any atom is -0.652 e. The van der Waals surface area contributed by atoms with Crippen molar-refractivity contribution in [3.8, 4) is 0 Å². The van der Waals surface area contributed by atoms with Gasteiger partial charge in [-0.1, -0.05) is 0 Å². The molecule has 0 aliphatic carbocycles. The van der Waals surface area contributed by atoms with Crippen LogP contribution in [0, 0.1) is 0 Å². The molecule has 0 aliphatic heterocycles. The van der Waals surface area contributed by atoms with Gasteiger partial charge in [-0.25, -0.2) is 0 Å². The van der Waals surface area contributed by atoms with Crippen LogP contribution in [-0.2, 0) is 0 Å². The molecule has 6 heteroatoms. The molecule has 0 aliphatic rings. The maximum atomic E-state index is 8.33. The Hall–Kier alpha value is 0.425. The number of hydrogen-bond donors (Lipinski definition) is 1. The van der Waals surface area contributed by atoms with Crippen LogP contribution in [0.25, 0.3) is 0 Å². The fourth-order valence-electron chi connectivity index (χ4n) is 0. The van der Waals surface area contributed by atoms with Gasteiger partial charge in [-0.2, -0.15) is 0 Å². The molecule has 4 nitrogen and oxygen atoms in total. The molecule has 1 N–H and O–H groups in total. The summed E-state index contributed by atoms with van der Waals surface area (Å²) in [5.74, 6) is 0. The number of carbonyl (C=O) groups excluding carboxylic acids is 1. The summed E-state index contributed by atoms with van der Waals surface area (Å²) in [4.78, 5) is 8.33. The van der Waals surface area contributed by atoms with Crippen molar-refractivity contribution in [1.29, 1.82) is 0 Å². The van der Waals surface area contributed by atoms with E-state index in [0.29, 0.717) is 0 Å². The Morgan fingerprint density at radius 1 is 1.44 bits per heavy atom. The molecule has 0 aromatic rings. The molecular formula is C3H6Li2O4. The molecule has 0 heterocycles. The van der Waals surface area contributed by atoms with E-state index >= 15 is 0 Å². The van der Waals surface area contributed by atoms with Crippen molar-refractivity contribution in [2.45, 2.75) is 6.92 Å². The van der Waals surface area contributed by atoms with Crippen molar-refractivity contribution in [1.82, 2.24) is 0 Å². The maximum Gasteiger partial charge on any atom is 1.00 e. The Bertz CT molecular complexity index is 45.1. The van der Waals surface area contributed by atoms with Gasteiger partial charge in [0.2, 0.25) is 0 Å². The number of aliphatic hydroxyl groups is 1. The van der Waals surface area contributed by atoms with Crippen LogP contribution in [-0.4, -0.2) is 17.9 Å². The molecule has 0 saturated carbocycles. The number of carbonyl (C=O) groups is 1. The number of carboxylic acid groups (broad SMARTS) is 2. The average molecular weight is 120 g/mol. The van der Waals surface area contributed by atoms with Gasteiger partial charge < -0.3 is 20.1 Å². The van der Waals surface area contributed by atoms with Crippen molar-refractivity contribution < 1.29 is 57.8 Å².